The van der Waals surface area contributed by atoms with Crippen LogP contribution in [0.1, 0.15) is 13.8 Å². The van der Waals surface area contributed by atoms with E-state index in [1.165, 1.54) is 16.4 Å². The van der Waals surface area contributed by atoms with Crippen LogP contribution in [-0.4, -0.2) is 69.1 Å². The Kier molecular flexibility index (Phi) is 5.05. The van der Waals surface area contributed by atoms with Crippen molar-refractivity contribution < 1.29 is 22.7 Å². The minimum absolute atomic E-state index is 0.0481. The average molecular weight is 369 g/mol. The van der Waals surface area contributed by atoms with Crippen molar-refractivity contribution >= 4 is 16.1 Å². The summed E-state index contributed by atoms with van der Waals surface area (Å²) in [5.74, 6) is 1.00. The van der Waals surface area contributed by atoms with Crippen LogP contribution in [0, 0.1) is 0 Å². The monoisotopic (exact) mass is 369 g/mol. The Labute approximate surface area is 147 Å². The van der Waals surface area contributed by atoms with Crippen LogP contribution >= 0.6 is 0 Å². The lowest BCUT2D eigenvalue weighted by Gasteiger charge is -2.34. The molecule has 0 atom stereocenters. The van der Waals surface area contributed by atoms with Gasteiger partial charge in [-0.1, -0.05) is 0 Å². The summed E-state index contributed by atoms with van der Waals surface area (Å²) in [7, 11) is -3.63. The highest BCUT2D eigenvalue weighted by molar-refractivity contribution is 7.89. The van der Waals surface area contributed by atoms with Crippen LogP contribution in [0.25, 0.3) is 0 Å². The molecule has 8 nitrogen and oxygen atoms in total. The fraction of sp³-hybridized carbons (Fsp3) is 0.562. The lowest BCUT2D eigenvalue weighted by Crippen LogP contribution is -2.53. The van der Waals surface area contributed by atoms with Gasteiger partial charge in [0.25, 0.3) is 0 Å². The van der Waals surface area contributed by atoms with Gasteiger partial charge in [0.05, 0.1) is 4.90 Å². The number of amides is 2. The molecule has 25 heavy (non-hydrogen) atoms. The highest BCUT2D eigenvalue weighted by Gasteiger charge is 2.31. The molecule has 0 aromatic heterocycles. The number of nitrogens with zero attached hydrogens (tertiary/aromatic N) is 2. The zero-order chi connectivity index (χ0) is 18.0. The molecule has 0 aliphatic carbocycles. The number of hydrogen-bond acceptors (Lipinski definition) is 5. The topological polar surface area (TPSA) is 88.2 Å². The van der Waals surface area contributed by atoms with Gasteiger partial charge in [0.2, 0.25) is 10.0 Å². The third kappa shape index (κ3) is 3.82. The standard InChI is InChI=1S/C16H23N3O5S/c1-12(2)17-16(20)18-5-7-19(8-6-18)25(21,22)13-3-4-14-15(11-13)24-10-9-23-14/h3-4,11-12H,5-10H2,1-2H3,(H,17,20). The molecule has 1 fully saturated rings. The van der Waals surface area contributed by atoms with Gasteiger partial charge in [-0.3, -0.25) is 0 Å². The summed E-state index contributed by atoms with van der Waals surface area (Å²) in [6, 6.07) is 4.54. The van der Waals surface area contributed by atoms with Crippen molar-refractivity contribution in [2.24, 2.45) is 0 Å². The maximum absolute atomic E-state index is 12.8. The summed E-state index contributed by atoms with van der Waals surface area (Å²) in [6.07, 6.45) is 0. The van der Waals surface area contributed by atoms with Gasteiger partial charge in [0, 0.05) is 38.3 Å². The van der Waals surface area contributed by atoms with Crippen LogP contribution in [0.4, 0.5) is 4.79 Å². The zero-order valence-corrected chi connectivity index (χ0v) is 15.2. The Hall–Kier alpha value is -2.00. The van der Waals surface area contributed by atoms with Crippen LogP contribution in [0.5, 0.6) is 11.5 Å². The summed E-state index contributed by atoms with van der Waals surface area (Å²) >= 11 is 0. The van der Waals surface area contributed by atoms with E-state index in [1.807, 2.05) is 13.8 Å². The van der Waals surface area contributed by atoms with Gasteiger partial charge in [-0.05, 0) is 26.0 Å². The molecular weight excluding hydrogens is 346 g/mol. The molecule has 1 N–H and O–H groups in total. The fourth-order valence-electron chi connectivity index (χ4n) is 2.80. The minimum atomic E-state index is -3.63. The molecule has 2 heterocycles. The van der Waals surface area contributed by atoms with Crippen molar-refractivity contribution in [3.05, 3.63) is 18.2 Å². The Morgan fingerprint density at radius 3 is 2.36 bits per heavy atom. The summed E-state index contributed by atoms with van der Waals surface area (Å²) in [5.41, 5.74) is 0. The summed E-state index contributed by atoms with van der Waals surface area (Å²) in [5, 5.41) is 2.82. The Morgan fingerprint density at radius 2 is 1.72 bits per heavy atom. The Balaban J connectivity index is 1.69. The first-order valence-electron chi connectivity index (χ1n) is 8.33. The predicted molar refractivity (Wildman–Crippen MR) is 91.4 cm³/mol. The van der Waals surface area contributed by atoms with Gasteiger partial charge in [-0.25, -0.2) is 13.2 Å². The normalized spacial score (nSPS) is 18.3. The molecule has 0 saturated carbocycles. The number of fused-ring (bicyclic) bond motifs is 1. The van der Waals surface area contributed by atoms with Crippen molar-refractivity contribution in [1.82, 2.24) is 14.5 Å². The van der Waals surface area contributed by atoms with E-state index < -0.39 is 10.0 Å². The highest BCUT2D eigenvalue weighted by atomic mass is 32.2. The first kappa shape index (κ1) is 17.8. The van der Waals surface area contributed by atoms with Crippen molar-refractivity contribution in [2.45, 2.75) is 24.8 Å². The van der Waals surface area contributed by atoms with Crippen LogP contribution in [-0.2, 0) is 10.0 Å². The van der Waals surface area contributed by atoms with E-state index >= 15 is 0 Å². The molecule has 0 bridgehead atoms. The maximum Gasteiger partial charge on any atom is 0.317 e. The lowest BCUT2D eigenvalue weighted by atomic mass is 10.3. The fourth-order valence-corrected chi connectivity index (χ4v) is 4.24. The van der Waals surface area contributed by atoms with Gasteiger partial charge in [0.1, 0.15) is 13.2 Å². The second kappa shape index (κ2) is 7.09. The highest BCUT2D eigenvalue weighted by Crippen LogP contribution is 2.33. The predicted octanol–water partition coefficient (Wildman–Crippen LogP) is 0.882. The molecule has 1 saturated heterocycles. The van der Waals surface area contributed by atoms with Gasteiger partial charge < -0.3 is 19.7 Å². The molecule has 1 aromatic carbocycles. The first-order chi connectivity index (χ1) is 11.9. The molecule has 3 rings (SSSR count). The van der Waals surface area contributed by atoms with E-state index in [0.29, 0.717) is 37.8 Å². The number of hydrogen-bond donors (Lipinski definition) is 1. The second-order valence-corrected chi connectivity index (χ2v) is 8.24. The molecule has 0 spiro atoms. The largest absolute Gasteiger partial charge is 0.486 e. The Bertz CT molecular complexity index is 742. The van der Waals surface area contributed by atoms with E-state index in [9.17, 15) is 13.2 Å². The van der Waals surface area contributed by atoms with E-state index in [0.717, 1.165) is 0 Å². The molecule has 0 unspecified atom stereocenters. The molecule has 138 valence electrons. The van der Waals surface area contributed by atoms with E-state index in [-0.39, 0.29) is 30.1 Å². The van der Waals surface area contributed by atoms with Gasteiger partial charge in [-0.15, -0.1) is 0 Å². The summed E-state index contributed by atoms with van der Waals surface area (Å²) < 4.78 is 38.0. The van der Waals surface area contributed by atoms with Crippen molar-refractivity contribution in [2.75, 3.05) is 39.4 Å². The molecule has 2 aliphatic rings. The molecule has 2 aliphatic heterocycles. The smallest absolute Gasteiger partial charge is 0.317 e. The van der Waals surface area contributed by atoms with Crippen molar-refractivity contribution in [3.8, 4) is 11.5 Å². The summed E-state index contributed by atoms with van der Waals surface area (Å²) in [4.78, 5) is 13.8. The second-order valence-electron chi connectivity index (χ2n) is 6.30. The minimum Gasteiger partial charge on any atom is -0.486 e. The van der Waals surface area contributed by atoms with Crippen molar-refractivity contribution in [3.63, 3.8) is 0 Å². The average Bonchev–Trinajstić information content (AvgIpc) is 2.61. The molecule has 0 radical (unpaired) electrons. The molecule has 2 amide bonds. The zero-order valence-electron chi connectivity index (χ0n) is 14.4. The number of nitrogens with one attached hydrogen (secondary N) is 1. The van der Waals surface area contributed by atoms with Crippen molar-refractivity contribution in [1.29, 1.82) is 0 Å². The van der Waals surface area contributed by atoms with E-state index in [1.54, 1.807) is 11.0 Å². The van der Waals surface area contributed by atoms with Gasteiger partial charge in [-0.2, -0.15) is 4.31 Å². The molecule has 9 heteroatoms. The number of sulfonamides is 1. The molecular formula is C16H23N3O5S. The van der Waals surface area contributed by atoms with Gasteiger partial charge in [0.15, 0.2) is 11.5 Å². The van der Waals surface area contributed by atoms with E-state index in [4.69, 9.17) is 9.47 Å². The third-order valence-electron chi connectivity index (χ3n) is 4.09. The maximum atomic E-state index is 12.8. The van der Waals surface area contributed by atoms with Crippen LogP contribution < -0.4 is 14.8 Å². The molecule has 1 aromatic rings. The number of piperazine rings is 1. The Morgan fingerprint density at radius 1 is 1.08 bits per heavy atom. The number of urea groups is 1. The van der Waals surface area contributed by atoms with Crippen LogP contribution in [0.15, 0.2) is 23.1 Å². The third-order valence-corrected chi connectivity index (χ3v) is 5.98. The van der Waals surface area contributed by atoms with Crippen LogP contribution in [0.2, 0.25) is 0 Å². The number of benzene rings is 1. The number of carbonyl (C=O) groups excluding carboxylic acids is 1. The lowest BCUT2D eigenvalue weighted by molar-refractivity contribution is 0.169. The quantitative estimate of drug-likeness (QED) is 0.855. The van der Waals surface area contributed by atoms with E-state index in [2.05, 4.69) is 5.32 Å². The SMILES string of the molecule is CC(C)NC(=O)N1CCN(S(=O)(=O)c2ccc3c(c2)OCCO3)CC1. The number of ether oxygens (including phenoxy) is 2. The number of carbonyl (C=O) groups is 1. The summed E-state index contributed by atoms with van der Waals surface area (Å²) in [6.45, 7) is 5.90. The number of rotatable bonds is 3. The first-order valence-corrected chi connectivity index (χ1v) is 9.77. The van der Waals surface area contributed by atoms with Crippen LogP contribution in [0.3, 0.4) is 0 Å². The van der Waals surface area contributed by atoms with Gasteiger partial charge >= 0.3 is 6.03 Å².